The molecule has 7 nitrogen and oxygen atoms in total. The number of amides is 1. The summed E-state index contributed by atoms with van der Waals surface area (Å²) in [6.07, 6.45) is 3.11. The lowest BCUT2D eigenvalue weighted by Crippen LogP contribution is -2.28. The van der Waals surface area contributed by atoms with E-state index in [1.807, 2.05) is 56.3 Å². The number of para-hydroxylation sites is 1. The third-order valence-corrected chi connectivity index (χ3v) is 6.09. The molecule has 2 aromatic heterocycles. The summed E-state index contributed by atoms with van der Waals surface area (Å²) in [6.45, 7) is 3.67. The van der Waals surface area contributed by atoms with Crippen LogP contribution in [0, 0.1) is 13.8 Å². The number of anilines is 1. The molecule has 31 heavy (non-hydrogen) atoms. The van der Waals surface area contributed by atoms with E-state index in [0.29, 0.717) is 21.4 Å². The molecule has 4 rings (SSSR count). The van der Waals surface area contributed by atoms with Crippen LogP contribution < -0.4 is 11.0 Å². The number of carbonyl (C=O) groups excluding carboxylic acids is 1. The van der Waals surface area contributed by atoms with E-state index in [9.17, 15) is 9.59 Å². The molecular formula is C22H20ClN5O2S. The molecule has 9 heteroatoms. The van der Waals surface area contributed by atoms with Gasteiger partial charge in [0, 0.05) is 28.9 Å². The van der Waals surface area contributed by atoms with Gasteiger partial charge in [0.1, 0.15) is 11.6 Å². The third kappa shape index (κ3) is 4.65. The predicted molar refractivity (Wildman–Crippen MR) is 123 cm³/mol. The molecule has 2 aromatic carbocycles. The van der Waals surface area contributed by atoms with Gasteiger partial charge in [-0.2, -0.15) is 0 Å². The summed E-state index contributed by atoms with van der Waals surface area (Å²) < 4.78 is 2.57. The highest BCUT2D eigenvalue weighted by atomic mass is 35.5. The summed E-state index contributed by atoms with van der Waals surface area (Å²) in [4.78, 5) is 29.7. The van der Waals surface area contributed by atoms with Crippen molar-refractivity contribution in [2.45, 2.75) is 31.2 Å². The molecular weight excluding hydrogens is 434 g/mol. The summed E-state index contributed by atoms with van der Waals surface area (Å²) in [5.74, 6) is 0.337. The maximum Gasteiger partial charge on any atom is 0.350 e. The number of halogens is 1. The first-order valence-electron chi connectivity index (χ1n) is 9.60. The minimum Gasteiger partial charge on any atom is -0.324 e. The van der Waals surface area contributed by atoms with Gasteiger partial charge in [-0.1, -0.05) is 53.7 Å². The van der Waals surface area contributed by atoms with E-state index in [4.69, 9.17) is 11.6 Å². The summed E-state index contributed by atoms with van der Waals surface area (Å²) in [6, 6.07) is 13.3. The van der Waals surface area contributed by atoms with Crippen molar-refractivity contribution < 1.29 is 4.79 Å². The van der Waals surface area contributed by atoms with Gasteiger partial charge in [-0.25, -0.2) is 18.9 Å². The Morgan fingerprint density at radius 3 is 2.55 bits per heavy atom. The highest BCUT2D eigenvalue weighted by Crippen LogP contribution is 2.24. The van der Waals surface area contributed by atoms with Crippen LogP contribution in [0.4, 0.5) is 5.69 Å². The maximum absolute atomic E-state index is 12.7. The molecule has 0 saturated carbocycles. The van der Waals surface area contributed by atoms with Crippen molar-refractivity contribution in [3.63, 3.8) is 0 Å². The fourth-order valence-electron chi connectivity index (χ4n) is 3.19. The lowest BCUT2D eigenvalue weighted by atomic mass is 10.1. The van der Waals surface area contributed by atoms with Gasteiger partial charge in [-0.15, -0.1) is 5.10 Å². The first kappa shape index (κ1) is 21.1. The maximum atomic E-state index is 12.7. The number of rotatable bonds is 6. The quantitative estimate of drug-likeness (QED) is 0.444. The van der Waals surface area contributed by atoms with Gasteiger partial charge < -0.3 is 5.32 Å². The molecule has 0 fully saturated rings. The topological polar surface area (TPSA) is 81.3 Å². The van der Waals surface area contributed by atoms with E-state index in [1.54, 1.807) is 12.4 Å². The molecule has 0 aliphatic heterocycles. The van der Waals surface area contributed by atoms with Crippen LogP contribution in [0.25, 0.3) is 5.65 Å². The minimum absolute atomic E-state index is 0.185. The number of carbonyl (C=O) groups is 1. The van der Waals surface area contributed by atoms with Crippen molar-refractivity contribution in [3.8, 4) is 0 Å². The lowest BCUT2D eigenvalue weighted by Gasteiger charge is -2.10. The van der Waals surface area contributed by atoms with E-state index in [0.717, 1.165) is 27.1 Å². The molecule has 0 radical (unpaired) electrons. The van der Waals surface area contributed by atoms with Crippen molar-refractivity contribution in [1.29, 1.82) is 0 Å². The zero-order valence-electron chi connectivity index (χ0n) is 17.0. The summed E-state index contributed by atoms with van der Waals surface area (Å²) in [7, 11) is 0. The van der Waals surface area contributed by atoms with Gasteiger partial charge in [0.2, 0.25) is 5.91 Å². The van der Waals surface area contributed by atoms with E-state index in [-0.39, 0.29) is 18.1 Å². The Bertz CT molecular complexity index is 1290. The van der Waals surface area contributed by atoms with Crippen LogP contribution in [0.2, 0.25) is 5.02 Å². The van der Waals surface area contributed by atoms with Gasteiger partial charge >= 0.3 is 5.69 Å². The molecule has 0 unspecified atom stereocenters. The molecule has 0 aliphatic rings. The van der Waals surface area contributed by atoms with Crippen LogP contribution in [-0.2, 0) is 17.1 Å². The average Bonchev–Trinajstić information content (AvgIpc) is 3.06. The highest BCUT2D eigenvalue weighted by molar-refractivity contribution is 7.98. The van der Waals surface area contributed by atoms with E-state index in [1.165, 1.54) is 16.2 Å². The number of nitrogens with zero attached hydrogens (tertiary/aromatic N) is 4. The molecule has 0 saturated heterocycles. The number of benzene rings is 2. The Morgan fingerprint density at radius 1 is 1.13 bits per heavy atom. The van der Waals surface area contributed by atoms with Crippen molar-refractivity contribution >= 4 is 40.6 Å². The Hall–Kier alpha value is -3.10. The highest BCUT2D eigenvalue weighted by Gasteiger charge is 2.15. The van der Waals surface area contributed by atoms with E-state index >= 15 is 0 Å². The normalized spacial score (nSPS) is 11.1. The largest absolute Gasteiger partial charge is 0.350 e. The van der Waals surface area contributed by atoms with E-state index < -0.39 is 0 Å². The first-order chi connectivity index (χ1) is 14.9. The second kappa shape index (κ2) is 8.95. The Balaban J connectivity index is 1.54. The van der Waals surface area contributed by atoms with Crippen molar-refractivity contribution in [2.24, 2.45) is 0 Å². The molecule has 0 atom stereocenters. The first-order valence-corrected chi connectivity index (χ1v) is 11.0. The lowest BCUT2D eigenvalue weighted by molar-refractivity contribution is -0.117. The van der Waals surface area contributed by atoms with Crippen molar-refractivity contribution in [2.75, 3.05) is 5.32 Å². The standard InChI is InChI=1S/C22H20ClN5O2S/c1-14-4-3-5-15(2)19(14)25-18(29)12-28-22(30)27-11-10-24-21(20(27)26-28)31-13-16-6-8-17(23)9-7-16/h3-11H,12-13H2,1-2H3,(H,25,29). The average molecular weight is 454 g/mol. The van der Waals surface area contributed by atoms with Crippen LogP contribution in [0.5, 0.6) is 0 Å². The zero-order valence-corrected chi connectivity index (χ0v) is 18.6. The second-order valence-electron chi connectivity index (χ2n) is 7.10. The fraction of sp³-hybridized carbons (Fsp3) is 0.182. The zero-order chi connectivity index (χ0) is 22.0. The third-order valence-electron chi connectivity index (χ3n) is 4.80. The predicted octanol–water partition coefficient (Wildman–Crippen LogP) is 4.09. The van der Waals surface area contributed by atoms with Gasteiger partial charge in [0.15, 0.2) is 5.65 Å². The summed E-state index contributed by atoms with van der Waals surface area (Å²) in [5.41, 5.74) is 3.79. The van der Waals surface area contributed by atoms with Crippen LogP contribution in [-0.4, -0.2) is 25.1 Å². The Morgan fingerprint density at radius 2 is 1.84 bits per heavy atom. The van der Waals surface area contributed by atoms with E-state index in [2.05, 4.69) is 15.4 Å². The molecule has 4 aromatic rings. The van der Waals surface area contributed by atoms with Gasteiger partial charge in [0.05, 0.1) is 0 Å². The number of hydrogen-bond donors (Lipinski definition) is 1. The van der Waals surface area contributed by atoms with Gasteiger partial charge in [-0.05, 0) is 42.7 Å². The molecule has 1 amide bonds. The number of nitrogens with one attached hydrogen (secondary N) is 1. The Labute approximate surface area is 188 Å². The molecule has 0 bridgehead atoms. The fourth-order valence-corrected chi connectivity index (χ4v) is 4.22. The van der Waals surface area contributed by atoms with Crippen LogP contribution in [0.1, 0.15) is 16.7 Å². The SMILES string of the molecule is Cc1cccc(C)c1NC(=O)Cn1nc2c(SCc3ccc(Cl)cc3)nccn2c1=O. The van der Waals surface area contributed by atoms with Crippen molar-refractivity contribution in [3.05, 3.63) is 87.1 Å². The number of aromatic nitrogens is 4. The molecule has 158 valence electrons. The summed E-state index contributed by atoms with van der Waals surface area (Å²) in [5, 5.41) is 8.55. The smallest absolute Gasteiger partial charge is 0.324 e. The molecule has 0 spiro atoms. The number of fused-ring (bicyclic) bond motifs is 1. The van der Waals surface area contributed by atoms with Crippen molar-refractivity contribution in [1.82, 2.24) is 19.2 Å². The molecule has 1 N–H and O–H groups in total. The van der Waals surface area contributed by atoms with Crippen LogP contribution in [0.3, 0.4) is 0 Å². The minimum atomic E-state index is -0.387. The number of thioether (sulfide) groups is 1. The second-order valence-corrected chi connectivity index (χ2v) is 8.50. The van der Waals surface area contributed by atoms with Gasteiger partial charge in [-0.3, -0.25) is 4.79 Å². The van der Waals surface area contributed by atoms with Crippen LogP contribution in [0.15, 0.2) is 64.7 Å². The summed E-state index contributed by atoms with van der Waals surface area (Å²) >= 11 is 7.40. The van der Waals surface area contributed by atoms with Gasteiger partial charge in [0.25, 0.3) is 0 Å². The molecule has 2 heterocycles. The Kier molecular flexibility index (Phi) is 6.11. The monoisotopic (exact) mass is 453 g/mol. The number of hydrogen-bond acceptors (Lipinski definition) is 5. The molecule has 0 aliphatic carbocycles. The van der Waals surface area contributed by atoms with Crippen LogP contribution >= 0.6 is 23.4 Å². The number of aryl methyl sites for hydroxylation is 2.